The zero-order chi connectivity index (χ0) is 21.0. The van der Waals surface area contributed by atoms with Crippen LogP contribution in [0.5, 0.6) is 0 Å². The molecule has 1 amide bonds. The Labute approximate surface area is 170 Å². The molecule has 0 aliphatic heterocycles. The van der Waals surface area contributed by atoms with E-state index in [0.717, 1.165) is 16.9 Å². The van der Waals surface area contributed by atoms with E-state index in [1.165, 1.54) is 6.92 Å². The lowest BCUT2D eigenvalue weighted by Gasteiger charge is -2.26. The van der Waals surface area contributed by atoms with Gasteiger partial charge < -0.3 is 15.3 Å². The summed E-state index contributed by atoms with van der Waals surface area (Å²) in [6.07, 6.45) is 1.51. The van der Waals surface area contributed by atoms with Crippen LogP contribution in [0.3, 0.4) is 0 Å². The molecule has 1 unspecified atom stereocenters. The van der Waals surface area contributed by atoms with Crippen molar-refractivity contribution in [3.8, 4) is 0 Å². The van der Waals surface area contributed by atoms with E-state index < -0.39 is 12.0 Å². The summed E-state index contributed by atoms with van der Waals surface area (Å²) < 4.78 is 0. The third kappa shape index (κ3) is 4.69. The summed E-state index contributed by atoms with van der Waals surface area (Å²) in [5.41, 5.74) is 3.86. The predicted molar refractivity (Wildman–Crippen MR) is 113 cm³/mol. The maximum atomic E-state index is 12.4. The average Bonchev–Trinajstić information content (AvgIpc) is 2.61. The molecular formula is C21H26ClN3O3. The first-order valence-electron chi connectivity index (χ1n) is 9.26. The molecule has 0 saturated carbocycles. The van der Waals surface area contributed by atoms with E-state index in [-0.39, 0.29) is 16.6 Å². The number of carbonyl (C=O) groups is 2. The Bertz CT molecular complexity index is 885. The van der Waals surface area contributed by atoms with Gasteiger partial charge in [-0.05, 0) is 57.0 Å². The Morgan fingerprint density at radius 1 is 1.36 bits per heavy atom. The van der Waals surface area contributed by atoms with Gasteiger partial charge in [0.2, 0.25) is 11.7 Å². The quantitative estimate of drug-likeness (QED) is 0.560. The number of allylic oxidation sites excluding steroid dienone is 3. The lowest BCUT2D eigenvalue weighted by molar-refractivity contribution is -0.120. The fourth-order valence-electron chi connectivity index (χ4n) is 3.11. The smallest absolute Gasteiger partial charge is 0.221 e. The number of aliphatic imine (C=N–C) groups is 1. The number of halogens is 1. The van der Waals surface area contributed by atoms with Gasteiger partial charge in [0.1, 0.15) is 6.23 Å². The molecular weight excluding hydrogens is 378 g/mol. The van der Waals surface area contributed by atoms with Crippen molar-refractivity contribution in [1.82, 2.24) is 5.32 Å². The molecule has 1 aliphatic carbocycles. The van der Waals surface area contributed by atoms with Crippen LogP contribution < -0.4 is 10.2 Å². The molecule has 1 aromatic carbocycles. The number of ketones is 1. The van der Waals surface area contributed by atoms with Gasteiger partial charge in [0, 0.05) is 24.7 Å². The minimum absolute atomic E-state index is 0.0769. The zero-order valence-electron chi connectivity index (χ0n) is 16.8. The Kier molecular flexibility index (Phi) is 7.16. The number of carbonyl (C=O) groups excluding carboxylic acids is 2. The number of hydrogen-bond acceptors (Lipinski definition) is 5. The van der Waals surface area contributed by atoms with Crippen LogP contribution in [0.4, 0.5) is 11.4 Å². The summed E-state index contributed by atoms with van der Waals surface area (Å²) >= 11 is 6.26. The van der Waals surface area contributed by atoms with Crippen molar-refractivity contribution >= 4 is 40.4 Å². The van der Waals surface area contributed by atoms with Gasteiger partial charge in [-0.25, -0.2) is 4.99 Å². The second-order valence-corrected chi connectivity index (χ2v) is 6.98. The third-order valence-electron chi connectivity index (χ3n) is 4.51. The summed E-state index contributed by atoms with van der Waals surface area (Å²) in [7, 11) is 0. The van der Waals surface area contributed by atoms with Gasteiger partial charge in [0.25, 0.3) is 0 Å². The van der Waals surface area contributed by atoms with Crippen molar-refractivity contribution in [3.63, 3.8) is 0 Å². The van der Waals surface area contributed by atoms with Crippen LogP contribution in [0.1, 0.15) is 39.7 Å². The highest BCUT2D eigenvalue weighted by atomic mass is 35.5. The van der Waals surface area contributed by atoms with Gasteiger partial charge in [-0.1, -0.05) is 18.5 Å². The number of aliphatic hydroxyl groups excluding tert-OH is 1. The highest BCUT2D eigenvalue weighted by Gasteiger charge is 2.26. The van der Waals surface area contributed by atoms with Crippen LogP contribution in [0.2, 0.25) is 0 Å². The SMILES string of the molecule is CCC1=C(Cl)C(=O)C(NC(C)=O)=CC1=Nc1ccc(N(CC)C(C)O)cc1C. The maximum Gasteiger partial charge on any atom is 0.221 e. The van der Waals surface area contributed by atoms with Gasteiger partial charge in [0.15, 0.2) is 0 Å². The van der Waals surface area contributed by atoms with Crippen molar-refractivity contribution in [1.29, 1.82) is 0 Å². The standard InChI is InChI=1S/C21H26ClN3O3/c1-6-16-18(11-19(23-13(4)26)21(28)20(16)22)24-17-9-8-15(10-12(17)3)25(7-2)14(5)27/h8-11,14,27H,6-7H2,1-5H3,(H,23,26). The number of anilines is 1. The minimum atomic E-state index is -0.595. The molecule has 6 nitrogen and oxygen atoms in total. The highest BCUT2D eigenvalue weighted by molar-refractivity contribution is 6.49. The maximum absolute atomic E-state index is 12.4. The first kappa shape index (κ1) is 21.9. The molecule has 7 heteroatoms. The first-order chi connectivity index (χ1) is 13.2. The van der Waals surface area contributed by atoms with E-state index in [0.29, 0.717) is 24.3 Å². The second kappa shape index (κ2) is 9.17. The molecule has 1 atom stereocenters. The Morgan fingerprint density at radius 2 is 2.04 bits per heavy atom. The second-order valence-electron chi connectivity index (χ2n) is 6.60. The van der Waals surface area contributed by atoms with Crippen LogP contribution in [-0.4, -0.2) is 35.3 Å². The van der Waals surface area contributed by atoms with E-state index in [2.05, 4.69) is 5.32 Å². The van der Waals surface area contributed by atoms with E-state index >= 15 is 0 Å². The lowest BCUT2D eigenvalue weighted by Crippen LogP contribution is -2.32. The van der Waals surface area contributed by atoms with Gasteiger partial charge in [-0.3, -0.25) is 9.59 Å². The van der Waals surface area contributed by atoms with Crippen LogP contribution in [0, 0.1) is 6.92 Å². The third-order valence-corrected chi connectivity index (χ3v) is 4.91. The van der Waals surface area contributed by atoms with Crippen molar-refractivity contribution in [3.05, 3.63) is 46.1 Å². The summed E-state index contributed by atoms with van der Waals surface area (Å²) in [6.45, 7) is 9.54. The van der Waals surface area contributed by atoms with Crippen LogP contribution in [0.25, 0.3) is 0 Å². The molecule has 0 fully saturated rings. The first-order valence-corrected chi connectivity index (χ1v) is 9.64. The van der Waals surface area contributed by atoms with Crippen LogP contribution in [0.15, 0.2) is 45.6 Å². The highest BCUT2D eigenvalue weighted by Crippen LogP contribution is 2.30. The Hall–Kier alpha value is -2.44. The van der Waals surface area contributed by atoms with Crippen molar-refractivity contribution in [2.24, 2.45) is 4.99 Å². The minimum Gasteiger partial charge on any atom is -0.374 e. The van der Waals surface area contributed by atoms with E-state index in [1.54, 1.807) is 13.0 Å². The molecule has 28 heavy (non-hydrogen) atoms. The average molecular weight is 404 g/mol. The molecule has 0 saturated heterocycles. The van der Waals surface area contributed by atoms with Crippen LogP contribution >= 0.6 is 11.6 Å². The number of nitrogens with one attached hydrogen (secondary N) is 1. The number of nitrogens with zero attached hydrogens (tertiary/aromatic N) is 2. The number of amides is 1. The normalized spacial score (nSPS) is 16.9. The van der Waals surface area contributed by atoms with Gasteiger partial charge in [-0.2, -0.15) is 0 Å². The van der Waals surface area contributed by atoms with E-state index in [1.807, 2.05) is 43.9 Å². The number of Topliss-reactive ketones (excluding diaryl/α,β-unsaturated/α-hetero) is 1. The van der Waals surface area contributed by atoms with Crippen molar-refractivity contribution < 1.29 is 14.7 Å². The summed E-state index contributed by atoms with van der Waals surface area (Å²) in [4.78, 5) is 30.3. The van der Waals surface area contributed by atoms with Crippen molar-refractivity contribution in [2.75, 3.05) is 11.4 Å². The van der Waals surface area contributed by atoms with Gasteiger partial charge in [-0.15, -0.1) is 0 Å². The van der Waals surface area contributed by atoms with Gasteiger partial charge in [0.05, 0.1) is 22.1 Å². The number of aliphatic hydroxyl groups is 1. The van der Waals surface area contributed by atoms with Crippen molar-refractivity contribution in [2.45, 2.75) is 47.3 Å². The molecule has 1 aromatic rings. The number of rotatable bonds is 6. The molecule has 150 valence electrons. The van der Waals surface area contributed by atoms with Gasteiger partial charge >= 0.3 is 0 Å². The fraction of sp³-hybridized carbons (Fsp3) is 0.381. The number of aryl methyl sites for hydroxylation is 1. The molecule has 1 aliphatic rings. The monoisotopic (exact) mass is 403 g/mol. The summed E-state index contributed by atoms with van der Waals surface area (Å²) in [5, 5.41) is 12.5. The molecule has 0 aromatic heterocycles. The molecule has 0 heterocycles. The molecule has 0 radical (unpaired) electrons. The molecule has 2 rings (SSSR count). The van der Waals surface area contributed by atoms with E-state index in [4.69, 9.17) is 16.6 Å². The fourth-order valence-corrected chi connectivity index (χ4v) is 3.44. The summed E-state index contributed by atoms with van der Waals surface area (Å²) in [5.74, 6) is -0.753. The number of benzene rings is 1. The van der Waals surface area contributed by atoms with Crippen LogP contribution in [-0.2, 0) is 9.59 Å². The zero-order valence-corrected chi connectivity index (χ0v) is 17.6. The Morgan fingerprint density at radius 3 is 2.54 bits per heavy atom. The largest absolute Gasteiger partial charge is 0.374 e. The molecule has 2 N–H and O–H groups in total. The van der Waals surface area contributed by atoms with E-state index in [9.17, 15) is 14.7 Å². The number of hydrogen-bond donors (Lipinski definition) is 2. The molecule has 0 bridgehead atoms. The topological polar surface area (TPSA) is 82.0 Å². The lowest BCUT2D eigenvalue weighted by atomic mass is 9.97. The summed E-state index contributed by atoms with van der Waals surface area (Å²) in [6, 6.07) is 5.72. The Balaban J connectivity index is 2.50. The predicted octanol–water partition coefficient (Wildman–Crippen LogP) is 3.74. The molecule has 0 spiro atoms.